The normalized spacial score (nSPS) is 14.2. The van der Waals surface area contributed by atoms with Gasteiger partial charge in [-0.1, -0.05) is 41.9 Å². The highest BCUT2D eigenvalue weighted by Crippen LogP contribution is 2.38. The summed E-state index contributed by atoms with van der Waals surface area (Å²) in [6, 6.07) is 9.74. The summed E-state index contributed by atoms with van der Waals surface area (Å²) in [5.74, 6) is -0.523. The van der Waals surface area contributed by atoms with Gasteiger partial charge in [0.05, 0.1) is 28.0 Å². The van der Waals surface area contributed by atoms with E-state index in [2.05, 4.69) is 11.6 Å². The van der Waals surface area contributed by atoms with Gasteiger partial charge in [-0.25, -0.2) is 4.39 Å². The summed E-state index contributed by atoms with van der Waals surface area (Å²) >= 11 is 12.7. The van der Waals surface area contributed by atoms with E-state index in [4.69, 9.17) is 23.2 Å². The number of ketones is 1. The van der Waals surface area contributed by atoms with E-state index in [-0.39, 0.29) is 17.4 Å². The number of allylic oxidation sites excluding steroid dienone is 1. The van der Waals surface area contributed by atoms with E-state index in [1.165, 1.54) is 19.1 Å². The van der Waals surface area contributed by atoms with Crippen LogP contribution < -0.4 is 4.90 Å². The van der Waals surface area contributed by atoms with Gasteiger partial charge in [0.25, 0.3) is 0 Å². The Balaban J connectivity index is 2.28. The van der Waals surface area contributed by atoms with Crippen LogP contribution in [0, 0.1) is 5.82 Å². The highest BCUT2D eigenvalue weighted by atomic mass is 35.5. The second-order valence-corrected chi connectivity index (χ2v) is 6.55. The minimum atomic E-state index is -0.411. The van der Waals surface area contributed by atoms with Crippen LogP contribution in [0.5, 0.6) is 0 Å². The van der Waals surface area contributed by atoms with Crippen molar-refractivity contribution in [2.24, 2.45) is 4.99 Å². The van der Waals surface area contributed by atoms with E-state index < -0.39 is 5.82 Å². The topological polar surface area (TPSA) is 32.7 Å². The molecule has 0 saturated heterocycles. The van der Waals surface area contributed by atoms with Crippen LogP contribution in [0.15, 0.2) is 65.9 Å². The first-order valence-electron chi connectivity index (χ1n) is 7.83. The first kappa shape index (κ1) is 18.4. The van der Waals surface area contributed by atoms with Crippen LogP contribution in [0.25, 0.3) is 0 Å². The number of halogens is 3. The first-order chi connectivity index (χ1) is 12.4. The molecule has 3 rings (SSSR count). The molecule has 1 aliphatic rings. The number of hydrogen-bond donors (Lipinski definition) is 0. The Morgan fingerprint density at radius 3 is 2.69 bits per heavy atom. The van der Waals surface area contributed by atoms with Crippen LogP contribution >= 0.6 is 23.2 Å². The lowest BCUT2D eigenvalue weighted by atomic mass is 9.99. The summed E-state index contributed by atoms with van der Waals surface area (Å²) in [5, 5.41) is 0.597. The molecule has 1 aliphatic heterocycles. The van der Waals surface area contributed by atoms with Crippen LogP contribution in [0.3, 0.4) is 0 Å². The second kappa shape index (κ2) is 7.44. The fraction of sp³-hybridized carbons (Fsp3) is 0.100. The number of hydrogen-bond acceptors (Lipinski definition) is 3. The Morgan fingerprint density at radius 2 is 2.00 bits per heavy atom. The number of benzodiazepines with no additional fused rings is 1. The summed E-state index contributed by atoms with van der Waals surface area (Å²) in [7, 11) is 0. The maximum Gasteiger partial charge on any atom is 0.154 e. The lowest BCUT2D eigenvalue weighted by Crippen LogP contribution is -2.17. The molecule has 0 bridgehead atoms. The number of carbonyl (C=O) groups excluding carboxylic acids is 1. The molecule has 2 aromatic carbocycles. The van der Waals surface area contributed by atoms with Crippen molar-refractivity contribution in [2.75, 3.05) is 11.4 Å². The third-order valence-corrected chi connectivity index (χ3v) is 4.72. The van der Waals surface area contributed by atoms with Gasteiger partial charge in [0.15, 0.2) is 5.78 Å². The van der Waals surface area contributed by atoms with E-state index in [1.807, 2.05) is 0 Å². The van der Waals surface area contributed by atoms with Gasteiger partial charge in [-0.3, -0.25) is 9.79 Å². The van der Waals surface area contributed by atoms with Crippen molar-refractivity contribution in [3.8, 4) is 0 Å². The molecule has 0 saturated carbocycles. The molecular weight excluding hydrogens is 374 g/mol. The van der Waals surface area contributed by atoms with E-state index in [0.717, 1.165) is 0 Å². The predicted octanol–water partition coefficient (Wildman–Crippen LogP) is 5.41. The number of rotatable bonds is 3. The maximum atomic E-state index is 14.4. The minimum absolute atomic E-state index is 0.112. The van der Waals surface area contributed by atoms with E-state index >= 15 is 0 Å². The third-order valence-electron chi connectivity index (χ3n) is 3.92. The molecule has 0 N–H and O–H groups in total. The molecule has 0 amide bonds. The summed E-state index contributed by atoms with van der Waals surface area (Å²) < 4.78 is 14.4. The van der Waals surface area contributed by atoms with Crippen LogP contribution in [-0.2, 0) is 4.79 Å². The monoisotopic (exact) mass is 388 g/mol. The highest BCUT2D eigenvalue weighted by Gasteiger charge is 2.26. The molecule has 0 fully saturated rings. The smallest absolute Gasteiger partial charge is 0.154 e. The average Bonchev–Trinajstić information content (AvgIpc) is 2.74. The molecule has 0 radical (unpaired) electrons. The number of aliphatic imine (C=N–C) groups is 1. The van der Waals surface area contributed by atoms with Crippen molar-refractivity contribution in [1.82, 2.24) is 0 Å². The first-order valence-corrected chi connectivity index (χ1v) is 8.59. The van der Waals surface area contributed by atoms with Crippen LogP contribution in [0.1, 0.15) is 18.1 Å². The van der Waals surface area contributed by atoms with Crippen LogP contribution in [0.4, 0.5) is 10.1 Å². The van der Waals surface area contributed by atoms with Gasteiger partial charge in [0.1, 0.15) is 5.82 Å². The Bertz CT molecular complexity index is 966. The lowest BCUT2D eigenvalue weighted by molar-refractivity contribution is -0.112. The van der Waals surface area contributed by atoms with E-state index in [9.17, 15) is 9.18 Å². The minimum Gasteiger partial charge on any atom is -0.319 e. The largest absolute Gasteiger partial charge is 0.319 e. The molecular formula is C20H15Cl2FN2O. The van der Waals surface area contributed by atoms with Gasteiger partial charge >= 0.3 is 0 Å². The van der Waals surface area contributed by atoms with Gasteiger partial charge in [-0.2, -0.15) is 0 Å². The molecule has 132 valence electrons. The molecule has 0 atom stereocenters. The van der Waals surface area contributed by atoms with Gasteiger partial charge in [0, 0.05) is 23.0 Å². The van der Waals surface area contributed by atoms with Crippen molar-refractivity contribution in [3.05, 3.63) is 87.9 Å². The maximum absolute atomic E-state index is 14.4. The average molecular weight is 389 g/mol. The fourth-order valence-corrected chi connectivity index (χ4v) is 3.11. The Kier molecular flexibility index (Phi) is 5.25. The molecule has 26 heavy (non-hydrogen) atoms. The quantitative estimate of drug-likeness (QED) is 0.658. The Morgan fingerprint density at radius 1 is 1.27 bits per heavy atom. The number of nitrogens with zero attached hydrogens (tertiary/aromatic N) is 2. The SMILES string of the molecule is C=C1CN=C(c2ccccc2F)c2c(ccc(Cl)c2Cl)N1/C=C\C(C)=O. The summed E-state index contributed by atoms with van der Waals surface area (Å²) in [6.45, 7) is 5.69. The van der Waals surface area contributed by atoms with Crippen molar-refractivity contribution >= 4 is 40.4 Å². The standard InChI is InChI=1S/C20H15Cl2FN2O/c1-12-11-24-20(14-5-3-4-6-16(14)23)18-17(8-7-15(21)19(18)22)25(12)10-9-13(2)26/h3-10H,1,11H2,2H3/b10-9-. The molecule has 2 aromatic rings. The van der Waals surface area contributed by atoms with Gasteiger partial charge in [0.2, 0.25) is 0 Å². The van der Waals surface area contributed by atoms with Crippen molar-refractivity contribution in [3.63, 3.8) is 0 Å². The molecule has 0 unspecified atom stereocenters. The van der Waals surface area contributed by atoms with E-state index in [1.54, 1.807) is 41.4 Å². The Hall–Kier alpha value is -2.43. The van der Waals surface area contributed by atoms with Crippen molar-refractivity contribution < 1.29 is 9.18 Å². The molecule has 1 heterocycles. The Labute approximate surface area is 161 Å². The molecule has 0 aliphatic carbocycles. The van der Waals surface area contributed by atoms with Gasteiger partial charge in [-0.15, -0.1) is 0 Å². The van der Waals surface area contributed by atoms with Gasteiger partial charge < -0.3 is 4.90 Å². The molecule has 3 nitrogen and oxygen atoms in total. The number of fused-ring (bicyclic) bond motifs is 1. The third kappa shape index (κ3) is 3.43. The summed E-state index contributed by atoms with van der Waals surface area (Å²) in [6.07, 6.45) is 3.03. The predicted molar refractivity (Wildman–Crippen MR) is 105 cm³/mol. The van der Waals surface area contributed by atoms with Crippen LogP contribution in [-0.4, -0.2) is 18.0 Å². The molecule has 6 heteroatoms. The summed E-state index contributed by atoms with van der Waals surface area (Å²) in [4.78, 5) is 17.6. The zero-order valence-electron chi connectivity index (χ0n) is 14.0. The fourth-order valence-electron chi connectivity index (χ4n) is 2.70. The van der Waals surface area contributed by atoms with Gasteiger partial charge in [-0.05, 0) is 37.3 Å². The highest BCUT2D eigenvalue weighted by molar-refractivity contribution is 6.45. The zero-order valence-corrected chi connectivity index (χ0v) is 15.5. The van der Waals surface area contributed by atoms with Crippen LogP contribution in [0.2, 0.25) is 10.0 Å². The lowest BCUT2D eigenvalue weighted by Gasteiger charge is -2.23. The second-order valence-electron chi connectivity index (χ2n) is 5.76. The zero-order chi connectivity index (χ0) is 18.8. The van der Waals surface area contributed by atoms with Crippen molar-refractivity contribution in [2.45, 2.75) is 6.92 Å². The molecule has 0 aromatic heterocycles. The number of carbonyl (C=O) groups is 1. The molecule has 0 spiro atoms. The number of benzene rings is 2. The van der Waals surface area contributed by atoms with Crippen molar-refractivity contribution in [1.29, 1.82) is 0 Å². The number of anilines is 1. The summed E-state index contributed by atoms with van der Waals surface area (Å²) in [5.41, 5.74) is 2.46. The van der Waals surface area contributed by atoms with E-state index in [0.29, 0.717) is 33.2 Å².